The van der Waals surface area contributed by atoms with Crippen molar-refractivity contribution < 1.29 is 9.18 Å². The average molecular weight is 291 g/mol. The summed E-state index contributed by atoms with van der Waals surface area (Å²) in [5.41, 5.74) is 6.14. The zero-order valence-electron chi connectivity index (χ0n) is 12.3. The van der Waals surface area contributed by atoms with Gasteiger partial charge in [0.2, 0.25) is 0 Å². The van der Waals surface area contributed by atoms with Crippen molar-refractivity contribution in [3.8, 4) is 0 Å². The number of halogens is 1. The molecule has 1 amide bonds. The molecular formula is C16H22FN3O. The molecule has 0 saturated carbocycles. The van der Waals surface area contributed by atoms with Gasteiger partial charge in [-0.1, -0.05) is 0 Å². The molecule has 2 atom stereocenters. The Balaban J connectivity index is 1.57. The largest absolute Gasteiger partial charge is 0.399 e. The van der Waals surface area contributed by atoms with Gasteiger partial charge in [0.25, 0.3) is 5.91 Å². The minimum absolute atomic E-state index is 0.243. The van der Waals surface area contributed by atoms with Crippen LogP contribution >= 0.6 is 0 Å². The van der Waals surface area contributed by atoms with Gasteiger partial charge >= 0.3 is 0 Å². The molecule has 2 unspecified atom stereocenters. The topological polar surface area (TPSA) is 58.4 Å². The lowest BCUT2D eigenvalue weighted by Gasteiger charge is -2.36. The van der Waals surface area contributed by atoms with E-state index in [1.165, 1.54) is 31.0 Å². The maximum Gasteiger partial charge on any atom is 0.251 e. The average Bonchev–Trinajstić information content (AvgIpc) is 2.65. The molecule has 114 valence electrons. The fourth-order valence-corrected chi connectivity index (χ4v) is 3.77. The summed E-state index contributed by atoms with van der Waals surface area (Å²) in [4.78, 5) is 14.6. The highest BCUT2D eigenvalue weighted by Gasteiger charge is 2.38. The number of carbonyl (C=O) groups excluding carboxylic acids is 1. The van der Waals surface area contributed by atoms with Crippen LogP contribution in [0, 0.1) is 11.7 Å². The summed E-state index contributed by atoms with van der Waals surface area (Å²) >= 11 is 0. The molecule has 1 aromatic carbocycles. The van der Waals surface area contributed by atoms with Crippen LogP contribution in [-0.2, 0) is 0 Å². The number of anilines is 1. The van der Waals surface area contributed by atoms with Crippen molar-refractivity contribution in [3.63, 3.8) is 0 Å². The second-order valence-corrected chi connectivity index (χ2v) is 6.37. The second-order valence-electron chi connectivity index (χ2n) is 6.37. The third-order valence-electron chi connectivity index (χ3n) is 4.93. The van der Waals surface area contributed by atoms with Crippen LogP contribution in [0.4, 0.5) is 10.1 Å². The third-order valence-corrected chi connectivity index (χ3v) is 4.93. The van der Waals surface area contributed by atoms with E-state index in [9.17, 15) is 9.18 Å². The molecule has 0 aromatic heterocycles. The lowest BCUT2D eigenvalue weighted by molar-refractivity contribution is 0.0917. The monoisotopic (exact) mass is 291 g/mol. The number of hydrogen-bond donors (Lipinski definition) is 2. The van der Waals surface area contributed by atoms with Crippen molar-refractivity contribution in [1.29, 1.82) is 0 Å². The maximum absolute atomic E-state index is 13.3. The molecule has 0 radical (unpaired) electrons. The molecule has 2 aliphatic heterocycles. The van der Waals surface area contributed by atoms with E-state index in [1.54, 1.807) is 0 Å². The van der Waals surface area contributed by atoms with Gasteiger partial charge < -0.3 is 16.0 Å². The fraction of sp³-hybridized carbons (Fsp3) is 0.562. The fourth-order valence-electron chi connectivity index (χ4n) is 3.77. The smallest absolute Gasteiger partial charge is 0.251 e. The van der Waals surface area contributed by atoms with E-state index in [2.05, 4.69) is 17.3 Å². The van der Waals surface area contributed by atoms with Crippen LogP contribution in [0.3, 0.4) is 0 Å². The van der Waals surface area contributed by atoms with Crippen molar-refractivity contribution in [2.24, 2.45) is 5.92 Å². The van der Waals surface area contributed by atoms with Gasteiger partial charge in [-0.3, -0.25) is 4.79 Å². The van der Waals surface area contributed by atoms with Crippen LogP contribution in [0.5, 0.6) is 0 Å². The summed E-state index contributed by atoms with van der Waals surface area (Å²) in [5, 5.41) is 2.93. The molecule has 21 heavy (non-hydrogen) atoms. The summed E-state index contributed by atoms with van der Waals surface area (Å²) in [7, 11) is 2.20. The number of fused-ring (bicyclic) bond motifs is 2. The normalized spacial score (nSPS) is 28.6. The van der Waals surface area contributed by atoms with Gasteiger partial charge in [0, 0.05) is 29.9 Å². The molecule has 3 N–H and O–H groups in total. The van der Waals surface area contributed by atoms with Crippen molar-refractivity contribution in [2.45, 2.75) is 37.8 Å². The van der Waals surface area contributed by atoms with E-state index in [4.69, 9.17) is 5.73 Å². The minimum atomic E-state index is -0.475. The number of benzene rings is 1. The highest BCUT2D eigenvalue weighted by molar-refractivity contribution is 5.95. The molecular weight excluding hydrogens is 269 g/mol. The Hall–Kier alpha value is -1.62. The summed E-state index contributed by atoms with van der Waals surface area (Å²) in [6.45, 7) is 0.663. The first-order valence-corrected chi connectivity index (χ1v) is 7.59. The highest BCUT2D eigenvalue weighted by Crippen LogP contribution is 2.37. The Morgan fingerprint density at radius 3 is 2.62 bits per heavy atom. The SMILES string of the molecule is CN1C2CCC1CC(CNC(=O)c1cc(N)cc(F)c1)C2. The molecule has 0 spiro atoms. The Kier molecular flexibility index (Phi) is 3.85. The van der Waals surface area contributed by atoms with E-state index in [1.807, 2.05) is 0 Å². The molecule has 3 rings (SSSR count). The molecule has 2 bridgehead atoms. The Morgan fingerprint density at radius 1 is 1.33 bits per heavy atom. The van der Waals surface area contributed by atoms with E-state index in [0.29, 0.717) is 30.1 Å². The minimum Gasteiger partial charge on any atom is -0.399 e. The van der Waals surface area contributed by atoms with Crippen molar-refractivity contribution in [3.05, 3.63) is 29.6 Å². The number of hydrogen-bond acceptors (Lipinski definition) is 3. The number of rotatable bonds is 3. The highest BCUT2D eigenvalue weighted by atomic mass is 19.1. The van der Waals surface area contributed by atoms with Gasteiger partial charge in [0.15, 0.2) is 0 Å². The van der Waals surface area contributed by atoms with Crippen LogP contribution < -0.4 is 11.1 Å². The van der Waals surface area contributed by atoms with Gasteiger partial charge in [-0.25, -0.2) is 4.39 Å². The van der Waals surface area contributed by atoms with E-state index in [0.717, 1.165) is 12.8 Å². The zero-order chi connectivity index (χ0) is 15.0. The van der Waals surface area contributed by atoms with E-state index in [-0.39, 0.29) is 11.6 Å². The number of amides is 1. The third kappa shape index (κ3) is 3.02. The lowest BCUT2D eigenvalue weighted by Crippen LogP contribution is -2.43. The maximum atomic E-state index is 13.3. The molecule has 2 fully saturated rings. The number of carbonyl (C=O) groups is 1. The van der Waals surface area contributed by atoms with Gasteiger partial charge in [0.1, 0.15) is 5.82 Å². The zero-order valence-corrected chi connectivity index (χ0v) is 12.3. The number of piperidine rings is 1. The predicted octanol–water partition coefficient (Wildman–Crippen LogP) is 2.01. The molecule has 1 aromatic rings. The Bertz CT molecular complexity index is 514. The molecule has 4 nitrogen and oxygen atoms in total. The summed E-state index contributed by atoms with van der Waals surface area (Å²) in [5.74, 6) is -0.196. The van der Waals surface area contributed by atoms with Gasteiger partial charge in [0.05, 0.1) is 0 Å². The van der Waals surface area contributed by atoms with Crippen LogP contribution in [0.25, 0.3) is 0 Å². The molecule has 5 heteroatoms. The van der Waals surface area contributed by atoms with Crippen molar-refractivity contribution >= 4 is 11.6 Å². The van der Waals surface area contributed by atoms with Crippen LogP contribution in [0.15, 0.2) is 18.2 Å². The van der Waals surface area contributed by atoms with Crippen LogP contribution in [-0.4, -0.2) is 36.5 Å². The first-order valence-electron chi connectivity index (χ1n) is 7.59. The Labute approximate surface area is 124 Å². The van der Waals surface area contributed by atoms with Gasteiger partial charge in [-0.05, 0) is 56.8 Å². The number of nitrogens with one attached hydrogen (secondary N) is 1. The Morgan fingerprint density at radius 2 is 2.00 bits per heavy atom. The molecule has 2 heterocycles. The number of nitrogen functional groups attached to an aromatic ring is 1. The number of nitrogens with two attached hydrogens (primary N) is 1. The number of nitrogens with zero attached hydrogens (tertiary/aromatic N) is 1. The molecule has 0 aliphatic carbocycles. The quantitative estimate of drug-likeness (QED) is 0.838. The molecule has 2 saturated heterocycles. The lowest BCUT2D eigenvalue weighted by atomic mass is 9.91. The summed E-state index contributed by atoms with van der Waals surface area (Å²) in [6.07, 6.45) is 4.81. The first-order chi connectivity index (χ1) is 10.0. The second kappa shape index (κ2) is 5.64. The van der Waals surface area contributed by atoms with E-state index < -0.39 is 5.82 Å². The van der Waals surface area contributed by atoms with E-state index >= 15 is 0 Å². The van der Waals surface area contributed by atoms with Crippen LogP contribution in [0.2, 0.25) is 0 Å². The van der Waals surface area contributed by atoms with Gasteiger partial charge in [-0.15, -0.1) is 0 Å². The van der Waals surface area contributed by atoms with Crippen LogP contribution in [0.1, 0.15) is 36.0 Å². The van der Waals surface area contributed by atoms with Crippen molar-refractivity contribution in [2.75, 3.05) is 19.3 Å². The van der Waals surface area contributed by atoms with Crippen molar-refractivity contribution in [1.82, 2.24) is 10.2 Å². The van der Waals surface area contributed by atoms with Gasteiger partial charge in [-0.2, -0.15) is 0 Å². The standard InChI is InChI=1S/C16H22FN3O/c1-20-14-2-3-15(20)5-10(4-14)9-19-16(21)11-6-12(17)8-13(18)7-11/h6-8,10,14-15H,2-5,9,18H2,1H3,(H,19,21). The predicted molar refractivity (Wildman–Crippen MR) is 80.4 cm³/mol. The summed E-state index contributed by atoms with van der Waals surface area (Å²) in [6, 6.07) is 5.28. The summed E-state index contributed by atoms with van der Waals surface area (Å²) < 4.78 is 13.3. The first kappa shape index (κ1) is 14.3. The molecule has 2 aliphatic rings.